The maximum Gasteiger partial charge on any atom is 0.417 e. The fraction of sp³-hybridized carbons (Fsp3) is 0.440. The van der Waals surface area contributed by atoms with Crippen LogP contribution in [-0.4, -0.2) is 49.5 Å². The van der Waals surface area contributed by atoms with Gasteiger partial charge in [0.2, 0.25) is 21.8 Å². The predicted molar refractivity (Wildman–Crippen MR) is 148 cm³/mol. The number of nitrogens with one attached hydrogen (secondary N) is 1. The lowest BCUT2D eigenvalue weighted by molar-refractivity contribution is -0.141. The minimum Gasteiger partial charge on any atom is -0.350 e. The Morgan fingerprint density at radius 1 is 1.00 bits per heavy atom. The summed E-state index contributed by atoms with van der Waals surface area (Å²) in [5.74, 6) is -1.34. The van der Waals surface area contributed by atoms with Gasteiger partial charge in [0.1, 0.15) is 12.6 Å². The van der Waals surface area contributed by atoms with Crippen molar-refractivity contribution in [1.29, 1.82) is 0 Å². The van der Waals surface area contributed by atoms with Crippen molar-refractivity contribution in [1.82, 2.24) is 10.2 Å². The molecule has 0 aliphatic rings. The summed E-state index contributed by atoms with van der Waals surface area (Å²) in [6.07, 6.45) is -3.96. The van der Waals surface area contributed by atoms with Gasteiger partial charge in [0.05, 0.1) is 22.5 Å². The van der Waals surface area contributed by atoms with Gasteiger partial charge in [-0.05, 0) is 63.1 Å². The van der Waals surface area contributed by atoms with Crippen LogP contribution in [0.25, 0.3) is 0 Å². The monoisotopic (exact) mass is 629 g/mol. The van der Waals surface area contributed by atoms with Crippen LogP contribution in [0.5, 0.6) is 0 Å². The molecule has 0 aliphatic heterocycles. The summed E-state index contributed by atoms with van der Waals surface area (Å²) in [5.41, 5.74) is -1.90. The molecule has 0 unspecified atom stereocenters. The van der Waals surface area contributed by atoms with Gasteiger partial charge in [0.25, 0.3) is 0 Å². The summed E-state index contributed by atoms with van der Waals surface area (Å²) in [5, 5.41) is 2.72. The van der Waals surface area contributed by atoms with Crippen LogP contribution in [0, 0.1) is 0 Å². The quantitative estimate of drug-likeness (QED) is 0.360. The van der Waals surface area contributed by atoms with Gasteiger partial charge in [-0.1, -0.05) is 47.8 Å². The van der Waals surface area contributed by atoms with Gasteiger partial charge >= 0.3 is 6.18 Å². The fourth-order valence-electron chi connectivity index (χ4n) is 3.71. The zero-order valence-electron chi connectivity index (χ0n) is 21.9. The van der Waals surface area contributed by atoms with Crippen LogP contribution in [0.4, 0.5) is 18.9 Å². The van der Waals surface area contributed by atoms with E-state index < -0.39 is 62.4 Å². The summed E-state index contributed by atoms with van der Waals surface area (Å²) >= 11 is 18.0. The molecule has 7 nitrogen and oxygen atoms in total. The fourth-order valence-corrected chi connectivity index (χ4v) is 5.24. The number of halogens is 6. The van der Waals surface area contributed by atoms with E-state index in [0.29, 0.717) is 21.0 Å². The Bertz CT molecular complexity index is 1330. The first kappa shape index (κ1) is 33.0. The molecule has 1 N–H and O–H groups in total. The van der Waals surface area contributed by atoms with Gasteiger partial charge in [0, 0.05) is 22.1 Å². The molecule has 2 amide bonds. The van der Waals surface area contributed by atoms with Crippen molar-refractivity contribution in [3.8, 4) is 0 Å². The highest BCUT2D eigenvalue weighted by Crippen LogP contribution is 2.37. The van der Waals surface area contributed by atoms with E-state index in [4.69, 9.17) is 34.8 Å². The molecule has 14 heteroatoms. The number of carbonyl (C=O) groups is 2. The smallest absolute Gasteiger partial charge is 0.350 e. The van der Waals surface area contributed by atoms with Crippen LogP contribution in [0.2, 0.25) is 15.1 Å². The molecule has 0 aliphatic carbocycles. The third kappa shape index (κ3) is 9.16. The zero-order valence-corrected chi connectivity index (χ0v) is 25.0. The highest BCUT2D eigenvalue weighted by molar-refractivity contribution is 7.92. The molecule has 0 spiro atoms. The Hall–Kier alpha value is -2.21. The predicted octanol–water partition coefficient (Wildman–Crippen LogP) is 6.15. The van der Waals surface area contributed by atoms with Gasteiger partial charge in [0.15, 0.2) is 0 Å². The van der Waals surface area contributed by atoms with E-state index in [1.165, 1.54) is 12.1 Å². The Morgan fingerprint density at radius 3 is 2.10 bits per heavy atom. The maximum absolute atomic E-state index is 13.7. The number of benzene rings is 2. The molecule has 0 aromatic heterocycles. The number of anilines is 1. The topological polar surface area (TPSA) is 86.8 Å². The number of carbonyl (C=O) groups excluding carboxylic acids is 2. The van der Waals surface area contributed by atoms with E-state index >= 15 is 0 Å². The molecule has 0 fully saturated rings. The highest BCUT2D eigenvalue weighted by atomic mass is 35.5. The van der Waals surface area contributed by atoms with Gasteiger partial charge in [-0.2, -0.15) is 13.2 Å². The van der Waals surface area contributed by atoms with Crippen LogP contribution in [0.15, 0.2) is 36.4 Å². The van der Waals surface area contributed by atoms with E-state index in [-0.39, 0.29) is 18.0 Å². The molecule has 1 atom stereocenters. The largest absolute Gasteiger partial charge is 0.417 e. The first-order valence-corrected chi connectivity index (χ1v) is 14.6. The molecule has 0 radical (unpaired) electrons. The van der Waals surface area contributed by atoms with Crippen LogP contribution >= 0.6 is 34.8 Å². The second-order valence-electron chi connectivity index (χ2n) is 9.85. The molecule has 39 heavy (non-hydrogen) atoms. The van der Waals surface area contributed by atoms with Crippen molar-refractivity contribution in [3.05, 3.63) is 62.6 Å². The van der Waals surface area contributed by atoms with Crippen LogP contribution in [0.3, 0.4) is 0 Å². The first-order valence-electron chi connectivity index (χ1n) is 11.6. The Balaban J connectivity index is 2.58. The van der Waals surface area contributed by atoms with Crippen molar-refractivity contribution < 1.29 is 31.2 Å². The summed E-state index contributed by atoms with van der Waals surface area (Å²) in [6, 6.07) is 6.02. The van der Waals surface area contributed by atoms with Crippen molar-refractivity contribution in [2.24, 2.45) is 0 Å². The molecule has 0 heterocycles. The first-order chi connectivity index (χ1) is 17.7. The summed E-state index contributed by atoms with van der Waals surface area (Å²) < 4.78 is 66.3. The van der Waals surface area contributed by atoms with Gasteiger partial charge in [-0.3, -0.25) is 13.9 Å². The molecule has 216 valence electrons. The van der Waals surface area contributed by atoms with Crippen molar-refractivity contribution in [2.45, 2.75) is 58.4 Å². The third-order valence-electron chi connectivity index (χ3n) is 5.46. The standard InChI is InChI=1S/C25H29Cl3F3N3O4S/c1-6-21(23(36)32-24(2,3)4)33(13-15-7-8-16(26)11-20(15)28)22(35)14-34(39(5,37)38)17-9-10-19(27)18(12-17)25(29,30)31/h7-12,21H,6,13-14H2,1-5H3,(H,32,36)/t21-/m0/s1. The molecular weight excluding hydrogens is 602 g/mol. The zero-order chi connectivity index (χ0) is 29.9. The van der Waals surface area contributed by atoms with Gasteiger partial charge < -0.3 is 10.2 Å². The molecule has 2 aromatic rings. The number of rotatable bonds is 9. The molecule has 0 saturated carbocycles. The van der Waals surface area contributed by atoms with Crippen LogP contribution < -0.4 is 9.62 Å². The van der Waals surface area contributed by atoms with E-state index in [2.05, 4.69) is 5.32 Å². The van der Waals surface area contributed by atoms with Gasteiger partial charge in [-0.15, -0.1) is 0 Å². The number of alkyl halides is 3. The van der Waals surface area contributed by atoms with Crippen molar-refractivity contribution in [2.75, 3.05) is 17.1 Å². The van der Waals surface area contributed by atoms with E-state index in [1.54, 1.807) is 33.8 Å². The Morgan fingerprint density at radius 2 is 1.62 bits per heavy atom. The number of nitrogens with zero attached hydrogens (tertiary/aromatic N) is 2. The van der Waals surface area contributed by atoms with E-state index in [1.807, 2.05) is 0 Å². The minimum atomic E-state index is -4.87. The lowest BCUT2D eigenvalue weighted by atomic mass is 10.1. The van der Waals surface area contributed by atoms with Crippen molar-refractivity contribution >= 4 is 62.3 Å². The van der Waals surface area contributed by atoms with Gasteiger partial charge in [-0.25, -0.2) is 8.42 Å². The Kier molecular flexibility index (Phi) is 10.6. The lowest BCUT2D eigenvalue weighted by Crippen LogP contribution is -2.55. The highest BCUT2D eigenvalue weighted by Gasteiger charge is 2.36. The second kappa shape index (κ2) is 12.5. The van der Waals surface area contributed by atoms with Crippen LogP contribution in [-0.2, 0) is 32.3 Å². The summed E-state index contributed by atoms with van der Waals surface area (Å²) in [7, 11) is -4.26. The third-order valence-corrected chi connectivity index (χ3v) is 7.52. The normalized spacial score (nSPS) is 13.1. The molecular formula is C25H29Cl3F3N3O4S. The van der Waals surface area contributed by atoms with Crippen molar-refractivity contribution in [3.63, 3.8) is 0 Å². The number of sulfonamides is 1. The SMILES string of the molecule is CC[C@@H](C(=O)NC(C)(C)C)N(Cc1ccc(Cl)cc1Cl)C(=O)CN(c1ccc(Cl)c(C(F)(F)F)c1)S(C)(=O)=O. The summed E-state index contributed by atoms with van der Waals surface area (Å²) in [6.45, 7) is 5.84. The lowest BCUT2D eigenvalue weighted by Gasteiger charge is -2.34. The molecule has 0 bridgehead atoms. The molecule has 2 rings (SSSR count). The Labute approximate surface area is 241 Å². The number of hydrogen-bond donors (Lipinski definition) is 1. The molecule has 0 saturated heterocycles. The number of hydrogen-bond acceptors (Lipinski definition) is 4. The average Bonchev–Trinajstić information content (AvgIpc) is 2.76. The summed E-state index contributed by atoms with van der Waals surface area (Å²) in [4.78, 5) is 28.0. The minimum absolute atomic E-state index is 0.150. The van der Waals surface area contributed by atoms with E-state index in [0.717, 1.165) is 23.3 Å². The number of amides is 2. The maximum atomic E-state index is 13.7. The molecule has 2 aromatic carbocycles. The van der Waals surface area contributed by atoms with Crippen LogP contribution in [0.1, 0.15) is 45.2 Å². The van der Waals surface area contributed by atoms with E-state index in [9.17, 15) is 31.2 Å². The average molecular weight is 631 g/mol. The second-order valence-corrected chi connectivity index (χ2v) is 13.0.